The van der Waals surface area contributed by atoms with Crippen molar-refractivity contribution >= 4 is 22.7 Å². The molecule has 0 aliphatic rings. The molecule has 1 nitrogen and oxygen atoms in total. The van der Waals surface area contributed by atoms with E-state index in [4.69, 9.17) is 4.42 Å². The van der Waals surface area contributed by atoms with Gasteiger partial charge in [-0.05, 0) is 23.9 Å². The molecule has 0 aliphatic carbocycles. The highest BCUT2D eigenvalue weighted by Crippen LogP contribution is 2.42. The van der Waals surface area contributed by atoms with Crippen molar-refractivity contribution in [3.63, 3.8) is 0 Å². The molecule has 86 valence electrons. The van der Waals surface area contributed by atoms with Crippen LogP contribution in [0.3, 0.4) is 0 Å². The van der Waals surface area contributed by atoms with Gasteiger partial charge in [0.15, 0.2) is 5.09 Å². The van der Waals surface area contributed by atoms with E-state index in [1.165, 1.54) is 6.07 Å². The first-order chi connectivity index (χ1) is 7.49. The van der Waals surface area contributed by atoms with Crippen molar-refractivity contribution < 1.29 is 22.0 Å². The van der Waals surface area contributed by atoms with Gasteiger partial charge in [-0.1, -0.05) is 18.2 Å². The van der Waals surface area contributed by atoms with E-state index < -0.39 is 11.7 Å². The summed E-state index contributed by atoms with van der Waals surface area (Å²) in [6.07, 6.45) is -3.72. The van der Waals surface area contributed by atoms with Crippen molar-refractivity contribution in [1.29, 1.82) is 0 Å². The van der Waals surface area contributed by atoms with E-state index in [0.29, 0.717) is 11.0 Å². The van der Waals surface area contributed by atoms with Crippen molar-refractivity contribution in [2.75, 3.05) is 0 Å². The Labute approximate surface area is 92.4 Å². The summed E-state index contributed by atoms with van der Waals surface area (Å²) < 4.78 is 54.3. The summed E-state index contributed by atoms with van der Waals surface area (Å²) in [5, 5.41) is -3.74. The number of alkyl halides is 4. The molecule has 0 saturated heterocycles. The Kier molecular flexibility index (Phi) is 2.84. The van der Waals surface area contributed by atoms with Crippen LogP contribution in [-0.4, -0.2) is 11.7 Å². The zero-order valence-corrected chi connectivity index (χ0v) is 8.61. The maximum Gasteiger partial charge on any atom is 0.360 e. The molecule has 0 atom stereocenters. The second-order valence-corrected chi connectivity index (χ2v) is 4.22. The molecular formula is C10H6F4OS. The van der Waals surface area contributed by atoms with Gasteiger partial charge in [0.25, 0.3) is 0 Å². The Morgan fingerprint density at radius 2 is 1.88 bits per heavy atom. The average Bonchev–Trinajstić information content (AvgIpc) is 2.58. The molecule has 2 aromatic rings. The zero-order valence-electron chi connectivity index (χ0n) is 7.79. The monoisotopic (exact) mass is 250 g/mol. The Hall–Kier alpha value is -1.17. The molecule has 0 fully saturated rings. The van der Waals surface area contributed by atoms with Gasteiger partial charge in [0.05, 0.1) is 0 Å². The molecule has 0 aliphatic heterocycles. The molecule has 0 unspecified atom stereocenters. The van der Waals surface area contributed by atoms with Crippen LogP contribution in [0.25, 0.3) is 11.0 Å². The molecular weight excluding hydrogens is 244 g/mol. The van der Waals surface area contributed by atoms with E-state index in [-0.39, 0.29) is 16.9 Å². The summed E-state index contributed by atoms with van der Waals surface area (Å²) in [5.74, 6) is 0. The highest BCUT2D eigenvalue weighted by molar-refractivity contribution is 8.00. The summed E-state index contributed by atoms with van der Waals surface area (Å²) in [6.45, 7) is 0. The Morgan fingerprint density at radius 3 is 2.50 bits per heavy atom. The first kappa shape index (κ1) is 11.3. The fourth-order valence-electron chi connectivity index (χ4n) is 1.19. The largest absolute Gasteiger partial charge is 0.450 e. The number of hydrogen-bond acceptors (Lipinski definition) is 2. The number of rotatable bonds is 3. The molecule has 0 bridgehead atoms. The molecule has 1 aromatic carbocycles. The van der Waals surface area contributed by atoms with E-state index >= 15 is 0 Å². The van der Waals surface area contributed by atoms with Crippen LogP contribution in [0.4, 0.5) is 17.6 Å². The maximum atomic E-state index is 12.7. The van der Waals surface area contributed by atoms with Crippen LogP contribution in [0.5, 0.6) is 0 Å². The predicted octanol–water partition coefficient (Wildman–Crippen LogP) is 4.38. The molecule has 0 spiro atoms. The average molecular weight is 250 g/mol. The lowest BCUT2D eigenvalue weighted by atomic mass is 10.3. The van der Waals surface area contributed by atoms with Crippen molar-refractivity contribution in [1.82, 2.24) is 0 Å². The highest BCUT2D eigenvalue weighted by atomic mass is 32.2. The molecule has 0 N–H and O–H groups in total. The lowest BCUT2D eigenvalue weighted by Crippen LogP contribution is -2.21. The third kappa shape index (κ3) is 2.16. The number of hydrogen-bond donors (Lipinski definition) is 0. The second kappa shape index (κ2) is 4.01. The SMILES string of the molecule is FC(F)C(F)(F)Sc1cc2ccccc2o1. The summed E-state index contributed by atoms with van der Waals surface area (Å²) in [5.41, 5.74) is 0.398. The number of benzene rings is 1. The molecule has 1 heterocycles. The van der Waals surface area contributed by atoms with Gasteiger partial charge in [-0.25, -0.2) is 8.78 Å². The van der Waals surface area contributed by atoms with Gasteiger partial charge >= 0.3 is 11.7 Å². The first-order valence-electron chi connectivity index (χ1n) is 4.32. The number of fused-ring (bicyclic) bond motifs is 1. The van der Waals surface area contributed by atoms with Gasteiger partial charge in [-0.2, -0.15) is 8.78 Å². The van der Waals surface area contributed by atoms with Crippen LogP contribution in [-0.2, 0) is 0 Å². The van der Waals surface area contributed by atoms with Crippen LogP contribution in [0.15, 0.2) is 39.8 Å². The van der Waals surface area contributed by atoms with E-state index in [1.807, 2.05) is 0 Å². The van der Waals surface area contributed by atoms with E-state index in [2.05, 4.69) is 0 Å². The fourth-order valence-corrected chi connectivity index (χ4v) is 1.86. The topological polar surface area (TPSA) is 13.1 Å². The van der Waals surface area contributed by atoms with Crippen molar-refractivity contribution in [3.8, 4) is 0 Å². The Bertz CT molecular complexity index is 461. The molecule has 0 saturated carbocycles. The van der Waals surface area contributed by atoms with Gasteiger partial charge < -0.3 is 4.42 Å². The number of furan rings is 1. The van der Waals surface area contributed by atoms with Crippen molar-refractivity contribution in [2.24, 2.45) is 0 Å². The van der Waals surface area contributed by atoms with Gasteiger partial charge in [0.2, 0.25) is 0 Å². The fraction of sp³-hybridized carbons (Fsp3) is 0.200. The second-order valence-electron chi connectivity index (χ2n) is 3.07. The van der Waals surface area contributed by atoms with E-state index in [1.54, 1.807) is 24.3 Å². The normalized spacial score (nSPS) is 12.6. The first-order valence-corrected chi connectivity index (χ1v) is 5.14. The maximum absolute atomic E-state index is 12.7. The highest BCUT2D eigenvalue weighted by Gasteiger charge is 2.43. The van der Waals surface area contributed by atoms with E-state index in [9.17, 15) is 17.6 Å². The van der Waals surface area contributed by atoms with Crippen LogP contribution in [0.2, 0.25) is 0 Å². The zero-order chi connectivity index (χ0) is 11.8. The van der Waals surface area contributed by atoms with Gasteiger partial charge in [-0.3, -0.25) is 0 Å². The van der Waals surface area contributed by atoms with Crippen LogP contribution in [0.1, 0.15) is 0 Å². The third-order valence-corrected chi connectivity index (χ3v) is 2.75. The molecule has 0 radical (unpaired) electrons. The van der Waals surface area contributed by atoms with E-state index in [0.717, 1.165) is 0 Å². The van der Waals surface area contributed by atoms with Gasteiger partial charge in [0, 0.05) is 5.39 Å². The Balaban J connectivity index is 2.28. The quantitative estimate of drug-likeness (QED) is 0.592. The molecule has 6 heteroatoms. The van der Waals surface area contributed by atoms with Gasteiger partial charge in [-0.15, -0.1) is 0 Å². The minimum atomic E-state index is -4.13. The molecule has 0 amide bonds. The number of halogens is 4. The minimum Gasteiger partial charge on any atom is -0.450 e. The Morgan fingerprint density at radius 1 is 1.19 bits per heavy atom. The predicted molar refractivity (Wildman–Crippen MR) is 53.0 cm³/mol. The minimum absolute atomic E-state index is 0.216. The van der Waals surface area contributed by atoms with Crippen LogP contribution >= 0.6 is 11.8 Å². The summed E-state index contributed by atoms with van der Waals surface area (Å²) >= 11 is -0.270. The van der Waals surface area contributed by atoms with Crippen molar-refractivity contribution in [2.45, 2.75) is 16.8 Å². The number of thioether (sulfide) groups is 1. The molecule has 2 rings (SSSR count). The molecule has 1 aromatic heterocycles. The smallest absolute Gasteiger partial charge is 0.360 e. The van der Waals surface area contributed by atoms with Gasteiger partial charge in [0.1, 0.15) is 5.58 Å². The lowest BCUT2D eigenvalue weighted by Gasteiger charge is -2.11. The van der Waals surface area contributed by atoms with Crippen LogP contribution in [0, 0.1) is 0 Å². The molecule has 16 heavy (non-hydrogen) atoms. The van der Waals surface area contributed by atoms with Crippen LogP contribution < -0.4 is 0 Å². The summed E-state index contributed by atoms with van der Waals surface area (Å²) in [6, 6.07) is 7.93. The van der Waals surface area contributed by atoms with Crippen molar-refractivity contribution in [3.05, 3.63) is 30.3 Å². The lowest BCUT2D eigenvalue weighted by molar-refractivity contribution is -0.0568. The third-order valence-electron chi connectivity index (χ3n) is 1.89. The summed E-state index contributed by atoms with van der Waals surface area (Å²) in [4.78, 5) is 0. The summed E-state index contributed by atoms with van der Waals surface area (Å²) in [7, 11) is 0. The number of para-hydroxylation sites is 1. The standard InChI is InChI=1S/C10H6F4OS/c11-9(12)10(13,14)16-8-5-6-3-1-2-4-7(6)15-8/h1-5,9H.